The van der Waals surface area contributed by atoms with E-state index in [1.54, 1.807) is 11.3 Å². The minimum absolute atomic E-state index is 0.686. The number of ether oxygens (including phenoxy) is 1. The Morgan fingerprint density at radius 3 is 2.85 bits per heavy atom. The molecular formula is C15H19BrN2OS. The van der Waals surface area contributed by atoms with Crippen molar-refractivity contribution in [2.24, 2.45) is 0 Å². The van der Waals surface area contributed by atoms with Crippen molar-refractivity contribution in [1.82, 2.24) is 4.90 Å². The van der Waals surface area contributed by atoms with Gasteiger partial charge in [-0.25, -0.2) is 0 Å². The molecule has 1 heterocycles. The molecule has 1 aromatic carbocycles. The quantitative estimate of drug-likeness (QED) is 0.603. The van der Waals surface area contributed by atoms with Gasteiger partial charge in [-0.05, 0) is 58.5 Å². The van der Waals surface area contributed by atoms with Crippen LogP contribution in [-0.4, -0.2) is 25.1 Å². The first kappa shape index (κ1) is 15.4. The number of rotatable bonds is 7. The van der Waals surface area contributed by atoms with Gasteiger partial charge in [0.05, 0.1) is 16.1 Å². The van der Waals surface area contributed by atoms with Crippen molar-refractivity contribution in [3.63, 3.8) is 0 Å². The number of thiophene rings is 1. The first-order valence-corrected chi connectivity index (χ1v) is 8.21. The van der Waals surface area contributed by atoms with E-state index in [1.807, 2.05) is 24.3 Å². The van der Waals surface area contributed by atoms with Crippen molar-refractivity contribution in [2.45, 2.75) is 13.0 Å². The summed E-state index contributed by atoms with van der Waals surface area (Å²) in [6, 6.07) is 9.78. The molecule has 20 heavy (non-hydrogen) atoms. The second-order valence-corrected chi connectivity index (χ2v) is 7.03. The van der Waals surface area contributed by atoms with Crippen molar-refractivity contribution < 1.29 is 4.74 Å². The predicted octanol–water partition coefficient (Wildman–Crippen LogP) is 3.99. The van der Waals surface area contributed by atoms with Gasteiger partial charge in [-0.3, -0.25) is 0 Å². The maximum atomic E-state index is 5.83. The lowest BCUT2D eigenvalue weighted by atomic mass is 10.3. The number of para-hydroxylation sites is 2. The number of nitrogens with zero attached hydrogens (tertiary/aromatic N) is 1. The second-order valence-electron chi connectivity index (χ2n) is 4.74. The number of nitrogens with two attached hydrogens (primary N) is 1. The molecule has 108 valence electrons. The van der Waals surface area contributed by atoms with Crippen LogP contribution in [0.3, 0.4) is 0 Å². The molecule has 2 rings (SSSR count). The summed E-state index contributed by atoms with van der Waals surface area (Å²) in [5, 5.41) is 2.18. The van der Waals surface area contributed by atoms with Crippen LogP contribution in [0.2, 0.25) is 0 Å². The Morgan fingerprint density at radius 1 is 1.35 bits per heavy atom. The van der Waals surface area contributed by atoms with Gasteiger partial charge in [0.25, 0.3) is 0 Å². The summed E-state index contributed by atoms with van der Waals surface area (Å²) < 4.78 is 6.87. The first-order chi connectivity index (χ1) is 9.65. The lowest BCUT2D eigenvalue weighted by molar-refractivity contribution is 0.259. The van der Waals surface area contributed by atoms with E-state index in [0.29, 0.717) is 12.3 Å². The summed E-state index contributed by atoms with van der Waals surface area (Å²) in [6.07, 6.45) is 0.982. The number of hydrogen-bond donors (Lipinski definition) is 1. The predicted molar refractivity (Wildman–Crippen MR) is 89.3 cm³/mol. The molecule has 5 heteroatoms. The molecule has 1 aromatic heterocycles. The molecule has 0 atom stereocenters. The molecule has 0 saturated carbocycles. The van der Waals surface area contributed by atoms with Gasteiger partial charge >= 0.3 is 0 Å². The maximum absolute atomic E-state index is 5.83. The van der Waals surface area contributed by atoms with Crippen LogP contribution >= 0.6 is 27.3 Å². The molecule has 0 fully saturated rings. The minimum atomic E-state index is 0.686. The van der Waals surface area contributed by atoms with Crippen LogP contribution < -0.4 is 10.5 Å². The SMILES string of the molecule is CN(CCCOc1ccccc1N)Cc1csc(Br)c1. The fourth-order valence-corrected chi connectivity index (χ4v) is 3.15. The molecule has 0 aliphatic rings. The zero-order valence-electron chi connectivity index (χ0n) is 11.5. The van der Waals surface area contributed by atoms with Crippen molar-refractivity contribution in [1.29, 1.82) is 0 Å². The Hall–Kier alpha value is -1.04. The van der Waals surface area contributed by atoms with Crippen LogP contribution in [0.4, 0.5) is 5.69 Å². The van der Waals surface area contributed by atoms with Gasteiger partial charge in [-0.15, -0.1) is 11.3 Å². The molecule has 0 radical (unpaired) electrons. The van der Waals surface area contributed by atoms with Crippen molar-refractivity contribution in [3.05, 3.63) is 45.1 Å². The normalized spacial score (nSPS) is 10.9. The molecule has 0 saturated heterocycles. The summed E-state index contributed by atoms with van der Waals surface area (Å²) >= 11 is 5.21. The largest absolute Gasteiger partial charge is 0.491 e. The zero-order chi connectivity index (χ0) is 14.4. The molecule has 0 unspecified atom stereocenters. The van der Waals surface area contributed by atoms with Crippen LogP contribution in [0.25, 0.3) is 0 Å². The van der Waals surface area contributed by atoms with Crippen molar-refractivity contribution in [2.75, 3.05) is 25.9 Å². The topological polar surface area (TPSA) is 38.5 Å². The van der Waals surface area contributed by atoms with Gasteiger partial charge in [-0.2, -0.15) is 0 Å². The Kier molecular flexibility index (Phi) is 5.88. The average molecular weight is 355 g/mol. The third-order valence-corrected chi connectivity index (χ3v) is 4.49. The number of nitrogen functional groups attached to an aromatic ring is 1. The summed E-state index contributed by atoms with van der Waals surface area (Å²) in [5.41, 5.74) is 7.87. The van der Waals surface area contributed by atoms with E-state index < -0.39 is 0 Å². The highest BCUT2D eigenvalue weighted by molar-refractivity contribution is 9.11. The van der Waals surface area contributed by atoms with E-state index >= 15 is 0 Å². The molecule has 2 N–H and O–H groups in total. The average Bonchev–Trinajstić information content (AvgIpc) is 2.82. The van der Waals surface area contributed by atoms with Gasteiger partial charge in [0, 0.05) is 13.1 Å². The van der Waals surface area contributed by atoms with Crippen molar-refractivity contribution >= 4 is 33.0 Å². The van der Waals surface area contributed by atoms with Gasteiger partial charge in [0.1, 0.15) is 5.75 Å². The van der Waals surface area contributed by atoms with Crippen LogP contribution in [0, 0.1) is 0 Å². The van der Waals surface area contributed by atoms with E-state index in [2.05, 4.69) is 39.3 Å². The highest BCUT2D eigenvalue weighted by Gasteiger charge is 2.03. The van der Waals surface area contributed by atoms with E-state index in [0.717, 1.165) is 25.3 Å². The number of halogens is 1. The highest BCUT2D eigenvalue weighted by atomic mass is 79.9. The lowest BCUT2D eigenvalue weighted by Crippen LogP contribution is -2.20. The number of anilines is 1. The third-order valence-electron chi connectivity index (χ3n) is 2.94. The minimum Gasteiger partial charge on any atom is -0.491 e. The molecule has 2 aromatic rings. The van der Waals surface area contributed by atoms with Crippen LogP contribution in [-0.2, 0) is 6.54 Å². The molecule has 0 aliphatic heterocycles. The first-order valence-electron chi connectivity index (χ1n) is 6.54. The van der Waals surface area contributed by atoms with Gasteiger partial charge < -0.3 is 15.4 Å². The molecule has 0 spiro atoms. The molecular weight excluding hydrogens is 336 g/mol. The molecule has 0 amide bonds. The summed E-state index contributed by atoms with van der Waals surface area (Å²) in [4.78, 5) is 2.30. The van der Waals surface area contributed by atoms with Crippen LogP contribution in [0.15, 0.2) is 39.5 Å². The van der Waals surface area contributed by atoms with Gasteiger partial charge in [0.15, 0.2) is 0 Å². The Bertz CT molecular complexity index is 544. The molecule has 0 bridgehead atoms. The number of hydrogen-bond acceptors (Lipinski definition) is 4. The Labute approximate surface area is 132 Å². The van der Waals surface area contributed by atoms with E-state index in [9.17, 15) is 0 Å². The zero-order valence-corrected chi connectivity index (χ0v) is 13.9. The van der Waals surface area contributed by atoms with Crippen molar-refractivity contribution in [3.8, 4) is 5.75 Å². The fraction of sp³-hybridized carbons (Fsp3) is 0.333. The van der Waals surface area contributed by atoms with E-state index in [4.69, 9.17) is 10.5 Å². The van der Waals surface area contributed by atoms with Crippen LogP contribution in [0.5, 0.6) is 5.75 Å². The summed E-state index contributed by atoms with van der Waals surface area (Å²) in [7, 11) is 2.13. The third kappa shape index (κ3) is 4.81. The monoisotopic (exact) mass is 354 g/mol. The fourth-order valence-electron chi connectivity index (χ4n) is 1.95. The Morgan fingerprint density at radius 2 is 2.15 bits per heavy atom. The lowest BCUT2D eigenvalue weighted by Gasteiger charge is -2.16. The van der Waals surface area contributed by atoms with E-state index in [1.165, 1.54) is 9.35 Å². The second kappa shape index (κ2) is 7.67. The smallest absolute Gasteiger partial charge is 0.142 e. The summed E-state index contributed by atoms with van der Waals surface area (Å²) in [5.74, 6) is 0.775. The standard InChI is InChI=1S/C15H19BrN2OS/c1-18(10-12-9-15(16)20-11-12)7-4-8-19-14-6-3-2-5-13(14)17/h2-3,5-6,9,11H,4,7-8,10,17H2,1H3. The highest BCUT2D eigenvalue weighted by Crippen LogP contribution is 2.22. The molecule has 3 nitrogen and oxygen atoms in total. The van der Waals surface area contributed by atoms with Crippen LogP contribution in [0.1, 0.15) is 12.0 Å². The van der Waals surface area contributed by atoms with Gasteiger partial charge in [0.2, 0.25) is 0 Å². The van der Waals surface area contributed by atoms with E-state index in [-0.39, 0.29) is 0 Å². The Balaban J connectivity index is 1.67. The van der Waals surface area contributed by atoms with Gasteiger partial charge in [-0.1, -0.05) is 12.1 Å². The molecule has 0 aliphatic carbocycles. The summed E-state index contributed by atoms with van der Waals surface area (Å²) in [6.45, 7) is 2.65. The number of benzene rings is 1. The maximum Gasteiger partial charge on any atom is 0.142 e.